The molecule has 2 fully saturated rings. The van der Waals surface area contributed by atoms with E-state index >= 15 is 0 Å². The molecule has 1 saturated heterocycles. The predicted molar refractivity (Wildman–Crippen MR) is 83.7 cm³/mol. The van der Waals surface area contributed by atoms with Crippen LogP contribution in [0.3, 0.4) is 0 Å². The molecular formula is C17H25N3O. The van der Waals surface area contributed by atoms with Gasteiger partial charge in [0.15, 0.2) is 0 Å². The summed E-state index contributed by atoms with van der Waals surface area (Å²) in [7, 11) is 0. The normalized spacial score (nSPS) is 27.6. The minimum absolute atomic E-state index is 0.528. The van der Waals surface area contributed by atoms with Gasteiger partial charge in [-0.1, -0.05) is 6.07 Å². The van der Waals surface area contributed by atoms with E-state index in [1.165, 1.54) is 29.8 Å². The van der Waals surface area contributed by atoms with Crippen LogP contribution in [0.15, 0.2) is 6.07 Å². The number of fused-ring (bicyclic) bond motifs is 3. The lowest BCUT2D eigenvalue weighted by Gasteiger charge is -2.37. The topological polar surface area (TPSA) is 37.4 Å². The Labute approximate surface area is 126 Å². The van der Waals surface area contributed by atoms with Gasteiger partial charge in [0.25, 0.3) is 0 Å². The van der Waals surface area contributed by atoms with Crippen LogP contribution in [0.4, 0.5) is 5.82 Å². The summed E-state index contributed by atoms with van der Waals surface area (Å²) >= 11 is 0. The minimum Gasteiger partial charge on any atom is -0.375 e. The molecule has 1 N–H and O–H groups in total. The van der Waals surface area contributed by atoms with Crippen LogP contribution in [0.5, 0.6) is 0 Å². The summed E-state index contributed by atoms with van der Waals surface area (Å²) in [5.74, 6) is 2.03. The molecule has 1 aromatic rings. The second kappa shape index (κ2) is 5.25. The summed E-state index contributed by atoms with van der Waals surface area (Å²) in [6.45, 7) is 8.17. The van der Waals surface area contributed by atoms with Crippen LogP contribution >= 0.6 is 0 Å². The lowest BCUT2D eigenvalue weighted by molar-refractivity contribution is 0.108. The van der Waals surface area contributed by atoms with Gasteiger partial charge >= 0.3 is 0 Å². The quantitative estimate of drug-likeness (QED) is 0.919. The maximum Gasteiger partial charge on any atom is 0.132 e. The van der Waals surface area contributed by atoms with Crippen LogP contribution in [0.1, 0.15) is 36.6 Å². The van der Waals surface area contributed by atoms with E-state index < -0.39 is 0 Å². The van der Waals surface area contributed by atoms with Crippen molar-refractivity contribution in [1.82, 2.24) is 10.3 Å². The van der Waals surface area contributed by atoms with Gasteiger partial charge < -0.3 is 15.0 Å². The molecule has 0 unspecified atom stereocenters. The Balaban J connectivity index is 1.55. The van der Waals surface area contributed by atoms with Crippen molar-refractivity contribution in [2.24, 2.45) is 5.92 Å². The first-order chi connectivity index (χ1) is 10.2. The standard InChI is InChI=1S/C17H25N3O/c1-11-5-14-6-15-8-18-7-12(2)20(15)17(14)19-16(11)10-21-9-13-3-4-13/h5,12-13,15,18H,3-4,6-10H2,1-2H3/t12-,15-/m1/s1. The maximum atomic E-state index is 5.85. The van der Waals surface area contributed by atoms with Crippen LogP contribution in [0.2, 0.25) is 0 Å². The SMILES string of the molecule is Cc1cc2c(nc1COCC1CC1)N1[C@@H](CNC[C@H]1C)C2. The highest BCUT2D eigenvalue weighted by Gasteiger charge is 2.36. The second-order valence-electron chi connectivity index (χ2n) is 6.97. The van der Waals surface area contributed by atoms with Crippen molar-refractivity contribution in [3.63, 3.8) is 0 Å². The number of anilines is 1. The first-order valence-corrected chi connectivity index (χ1v) is 8.28. The maximum absolute atomic E-state index is 5.85. The lowest BCUT2D eigenvalue weighted by atomic mass is 10.1. The number of aryl methyl sites for hydroxylation is 1. The van der Waals surface area contributed by atoms with Crippen molar-refractivity contribution >= 4 is 5.82 Å². The monoisotopic (exact) mass is 287 g/mol. The molecular weight excluding hydrogens is 262 g/mol. The summed E-state index contributed by atoms with van der Waals surface area (Å²) in [5, 5.41) is 3.53. The molecule has 4 rings (SSSR count). The molecule has 0 aromatic carbocycles. The van der Waals surface area contributed by atoms with Crippen LogP contribution in [0.25, 0.3) is 0 Å². The molecule has 1 saturated carbocycles. The number of nitrogens with one attached hydrogen (secondary N) is 1. The zero-order valence-electron chi connectivity index (χ0n) is 13.1. The van der Waals surface area contributed by atoms with Crippen molar-refractivity contribution in [3.05, 3.63) is 22.9 Å². The van der Waals surface area contributed by atoms with Crippen LogP contribution in [0, 0.1) is 12.8 Å². The molecule has 4 heteroatoms. The predicted octanol–water partition coefficient (Wildman–Crippen LogP) is 2.04. The van der Waals surface area contributed by atoms with E-state index in [0.29, 0.717) is 18.7 Å². The molecule has 114 valence electrons. The fourth-order valence-corrected chi connectivity index (χ4v) is 3.65. The van der Waals surface area contributed by atoms with Crippen molar-refractivity contribution in [3.8, 4) is 0 Å². The average molecular weight is 287 g/mol. The second-order valence-corrected chi connectivity index (χ2v) is 6.97. The highest BCUT2D eigenvalue weighted by molar-refractivity contribution is 5.57. The van der Waals surface area contributed by atoms with Crippen LogP contribution < -0.4 is 10.2 Å². The van der Waals surface area contributed by atoms with Gasteiger partial charge in [-0.3, -0.25) is 0 Å². The van der Waals surface area contributed by atoms with E-state index in [9.17, 15) is 0 Å². The fraction of sp³-hybridized carbons (Fsp3) is 0.706. The lowest BCUT2D eigenvalue weighted by Crippen LogP contribution is -2.55. The number of rotatable bonds is 4. The molecule has 2 aliphatic heterocycles. The third kappa shape index (κ3) is 2.55. The van der Waals surface area contributed by atoms with Gasteiger partial charge in [-0.2, -0.15) is 0 Å². The molecule has 0 amide bonds. The van der Waals surface area contributed by atoms with Crippen molar-refractivity contribution in [2.75, 3.05) is 24.6 Å². The number of hydrogen-bond acceptors (Lipinski definition) is 4. The van der Waals surface area contributed by atoms with Gasteiger partial charge in [0, 0.05) is 31.8 Å². The zero-order chi connectivity index (χ0) is 14.4. The molecule has 2 atom stereocenters. The van der Waals surface area contributed by atoms with Crippen molar-refractivity contribution in [2.45, 2.75) is 51.8 Å². The Bertz CT molecular complexity index is 541. The Hall–Kier alpha value is -1.13. The van der Waals surface area contributed by atoms with Gasteiger partial charge in [-0.15, -0.1) is 0 Å². The number of aromatic nitrogens is 1. The zero-order valence-corrected chi connectivity index (χ0v) is 13.1. The molecule has 4 nitrogen and oxygen atoms in total. The van der Waals surface area contributed by atoms with Crippen LogP contribution in [-0.4, -0.2) is 36.8 Å². The van der Waals surface area contributed by atoms with Crippen LogP contribution in [-0.2, 0) is 17.8 Å². The minimum atomic E-state index is 0.528. The van der Waals surface area contributed by atoms with Gasteiger partial charge in [0.05, 0.1) is 12.3 Å². The van der Waals surface area contributed by atoms with E-state index in [0.717, 1.165) is 37.7 Å². The number of pyridine rings is 1. The Morgan fingerprint density at radius 3 is 3.05 bits per heavy atom. The molecule has 1 aliphatic carbocycles. The third-order valence-corrected chi connectivity index (χ3v) is 5.05. The summed E-state index contributed by atoms with van der Waals surface area (Å²) in [5.41, 5.74) is 3.82. The smallest absolute Gasteiger partial charge is 0.132 e. The molecule has 1 aromatic heterocycles. The third-order valence-electron chi connectivity index (χ3n) is 5.05. The van der Waals surface area contributed by atoms with Crippen molar-refractivity contribution in [1.29, 1.82) is 0 Å². The first-order valence-electron chi connectivity index (χ1n) is 8.28. The Kier molecular flexibility index (Phi) is 3.38. The summed E-state index contributed by atoms with van der Waals surface area (Å²) in [6.07, 6.45) is 3.82. The number of piperazine rings is 1. The van der Waals surface area contributed by atoms with Crippen molar-refractivity contribution < 1.29 is 4.74 Å². The number of nitrogens with zero attached hydrogens (tertiary/aromatic N) is 2. The van der Waals surface area contributed by atoms with E-state index in [2.05, 4.69) is 30.1 Å². The molecule has 0 spiro atoms. The summed E-state index contributed by atoms with van der Waals surface area (Å²) in [6, 6.07) is 3.45. The average Bonchev–Trinajstić information content (AvgIpc) is 3.20. The number of hydrogen-bond donors (Lipinski definition) is 1. The fourth-order valence-electron chi connectivity index (χ4n) is 3.65. The highest BCUT2D eigenvalue weighted by Crippen LogP contribution is 2.35. The molecule has 21 heavy (non-hydrogen) atoms. The molecule has 3 aliphatic rings. The number of ether oxygens (including phenoxy) is 1. The van der Waals surface area contributed by atoms with Gasteiger partial charge in [0.2, 0.25) is 0 Å². The van der Waals surface area contributed by atoms with E-state index in [4.69, 9.17) is 9.72 Å². The molecule has 3 heterocycles. The van der Waals surface area contributed by atoms with Gasteiger partial charge in [-0.25, -0.2) is 4.98 Å². The first kappa shape index (κ1) is 13.5. The summed E-state index contributed by atoms with van der Waals surface area (Å²) < 4.78 is 5.85. The molecule has 0 bridgehead atoms. The molecule has 0 radical (unpaired) electrons. The van der Waals surface area contributed by atoms with E-state index in [1.54, 1.807) is 0 Å². The van der Waals surface area contributed by atoms with E-state index in [1.807, 2.05) is 0 Å². The Morgan fingerprint density at radius 2 is 2.24 bits per heavy atom. The largest absolute Gasteiger partial charge is 0.375 e. The Morgan fingerprint density at radius 1 is 1.38 bits per heavy atom. The highest BCUT2D eigenvalue weighted by atomic mass is 16.5. The van der Waals surface area contributed by atoms with Gasteiger partial charge in [0.1, 0.15) is 5.82 Å². The van der Waals surface area contributed by atoms with Gasteiger partial charge in [-0.05, 0) is 50.2 Å². The van der Waals surface area contributed by atoms with E-state index in [-0.39, 0.29) is 0 Å². The summed E-state index contributed by atoms with van der Waals surface area (Å²) in [4.78, 5) is 7.50.